The van der Waals surface area contributed by atoms with Gasteiger partial charge in [-0.15, -0.1) is 11.3 Å². The first-order valence-electron chi connectivity index (χ1n) is 13.6. The largest absolute Gasteiger partial charge is 0.339 e. The number of rotatable bonds is 4. The van der Waals surface area contributed by atoms with Gasteiger partial charge in [0.1, 0.15) is 0 Å². The Kier molecular flexibility index (Phi) is 5.86. The van der Waals surface area contributed by atoms with Crippen LogP contribution in [0.5, 0.6) is 0 Å². The highest BCUT2D eigenvalue weighted by molar-refractivity contribution is 7.26. The van der Waals surface area contributed by atoms with E-state index in [1.807, 2.05) is 18.2 Å². The summed E-state index contributed by atoms with van der Waals surface area (Å²) < 4.78 is 15.0. The van der Waals surface area contributed by atoms with Gasteiger partial charge in [-0.3, -0.25) is 0 Å². The first-order valence-corrected chi connectivity index (χ1v) is 14.4. The van der Waals surface area contributed by atoms with Gasteiger partial charge in [-0.2, -0.15) is 0 Å². The van der Waals surface area contributed by atoms with Crippen LogP contribution in [0.3, 0.4) is 0 Å². The predicted octanol–water partition coefficient (Wildman–Crippen LogP) is 9.45. The van der Waals surface area contributed by atoms with Crippen molar-refractivity contribution in [2.45, 2.75) is 45.2 Å². The zero-order valence-electron chi connectivity index (χ0n) is 23.0. The molecular formula is C35H30N2O2S. The van der Waals surface area contributed by atoms with Crippen LogP contribution in [-0.2, 0) is 9.47 Å². The molecule has 0 bridgehead atoms. The molecule has 7 rings (SSSR count). The number of ether oxygens (including phenoxy) is 2. The van der Waals surface area contributed by atoms with Crippen LogP contribution in [0.1, 0.15) is 39.5 Å². The fourth-order valence-corrected chi connectivity index (χ4v) is 6.32. The van der Waals surface area contributed by atoms with Gasteiger partial charge in [-0.25, -0.2) is 9.97 Å². The Labute approximate surface area is 238 Å². The van der Waals surface area contributed by atoms with Gasteiger partial charge in [0.25, 0.3) is 0 Å². The molecule has 4 nitrogen and oxygen atoms in total. The van der Waals surface area contributed by atoms with Gasteiger partial charge in [-0.05, 0) is 51.0 Å². The predicted molar refractivity (Wildman–Crippen MR) is 164 cm³/mol. The topological polar surface area (TPSA) is 44.2 Å². The summed E-state index contributed by atoms with van der Waals surface area (Å²) in [4.78, 5) is 10.3. The molecule has 0 atom stereocenters. The molecule has 0 N–H and O–H groups in total. The van der Waals surface area contributed by atoms with Crippen LogP contribution in [0.4, 0.5) is 0 Å². The van der Waals surface area contributed by atoms with Crippen LogP contribution in [-0.4, -0.2) is 21.2 Å². The molecule has 0 amide bonds. The third-order valence-electron chi connectivity index (χ3n) is 8.16. The minimum Gasteiger partial charge on any atom is -0.339 e. The lowest BCUT2D eigenvalue weighted by Gasteiger charge is -2.30. The van der Waals surface area contributed by atoms with Crippen molar-refractivity contribution in [1.29, 1.82) is 0 Å². The molecule has 40 heavy (non-hydrogen) atoms. The number of fused-ring (bicyclic) bond motifs is 3. The fourth-order valence-electron chi connectivity index (χ4n) is 5.17. The molecule has 2 aromatic heterocycles. The fraction of sp³-hybridized carbons (Fsp3) is 0.200. The van der Waals surface area contributed by atoms with Crippen molar-refractivity contribution < 1.29 is 9.47 Å². The SMILES string of the molecule is CC1(C)OC(c2cccc(-c3nc(-c4ccc(-c5ccccc5)cc4)c4sc5ccccc5c4n3)c2)OC1(C)C. The average molecular weight is 543 g/mol. The van der Waals surface area contributed by atoms with Crippen molar-refractivity contribution in [2.75, 3.05) is 0 Å². The molecule has 6 aromatic rings. The molecule has 1 aliphatic rings. The van der Waals surface area contributed by atoms with E-state index in [1.165, 1.54) is 15.8 Å². The highest BCUT2D eigenvalue weighted by Crippen LogP contribution is 2.45. The molecule has 0 aliphatic carbocycles. The van der Waals surface area contributed by atoms with Crippen molar-refractivity contribution >= 4 is 31.6 Å². The van der Waals surface area contributed by atoms with Crippen LogP contribution in [0.25, 0.3) is 54.1 Å². The highest BCUT2D eigenvalue weighted by Gasteiger charge is 2.49. The summed E-state index contributed by atoms with van der Waals surface area (Å²) in [6, 6.07) is 35.8. The standard InChI is InChI=1S/C35H30N2O2S/c1-34(2)35(3,4)39-33(38-34)26-14-10-13-25(21-26)32-36-29(31-30(37-32)27-15-8-9-16-28(27)40-31)24-19-17-23(18-20-24)22-11-6-5-7-12-22/h5-21,33H,1-4H3. The van der Waals surface area contributed by atoms with Crippen molar-refractivity contribution in [3.8, 4) is 33.8 Å². The number of hydrogen-bond acceptors (Lipinski definition) is 5. The monoisotopic (exact) mass is 542 g/mol. The number of nitrogens with zero attached hydrogens (tertiary/aromatic N) is 2. The summed E-state index contributed by atoms with van der Waals surface area (Å²) in [6.45, 7) is 8.30. The maximum absolute atomic E-state index is 6.34. The molecule has 1 saturated heterocycles. The van der Waals surface area contributed by atoms with Crippen LogP contribution in [0, 0.1) is 0 Å². The first kappa shape index (κ1) is 25.1. The second kappa shape index (κ2) is 9.34. The van der Waals surface area contributed by atoms with Gasteiger partial charge in [0.15, 0.2) is 12.1 Å². The number of benzene rings is 4. The summed E-state index contributed by atoms with van der Waals surface area (Å²) in [5.41, 5.74) is 6.47. The Morgan fingerprint density at radius 2 is 1.25 bits per heavy atom. The van der Waals surface area contributed by atoms with E-state index in [9.17, 15) is 0 Å². The van der Waals surface area contributed by atoms with E-state index in [1.54, 1.807) is 11.3 Å². The summed E-state index contributed by atoms with van der Waals surface area (Å²) in [6.07, 6.45) is -0.444. The molecular weight excluding hydrogens is 512 g/mol. The molecule has 0 unspecified atom stereocenters. The van der Waals surface area contributed by atoms with Gasteiger partial charge in [0, 0.05) is 26.8 Å². The lowest BCUT2D eigenvalue weighted by atomic mass is 9.90. The van der Waals surface area contributed by atoms with E-state index in [0.29, 0.717) is 5.82 Å². The lowest BCUT2D eigenvalue weighted by molar-refractivity contribution is -0.0895. The zero-order valence-corrected chi connectivity index (χ0v) is 23.8. The maximum atomic E-state index is 6.34. The molecule has 0 radical (unpaired) electrons. The van der Waals surface area contributed by atoms with E-state index in [0.717, 1.165) is 38.0 Å². The molecule has 0 spiro atoms. The average Bonchev–Trinajstić information content (AvgIpc) is 3.46. The third-order valence-corrected chi connectivity index (χ3v) is 9.32. The van der Waals surface area contributed by atoms with Crippen LogP contribution < -0.4 is 0 Å². The molecule has 4 aromatic carbocycles. The van der Waals surface area contributed by atoms with Crippen LogP contribution in [0.2, 0.25) is 0 Å². The summed E-state index contributed by atoms with van der Waals surface area (Å²) in [5, 5.41) is 1.15. The van der Waals surface area contributed by atoms with Crippen LogP contribution in [0.15, 0.2) is 103 Å². The smallest absolute Gasteiger partial charge is 0.185 e. The summed E-state index contributed by atoms with van der Waals surface area (Å²) in [5.74, 6) is 0.691. The Bertz CT molecular complexity index is 1840. The van der Waals surface area contributed by atoms with Crippen molar-refractivity contribution in [3.63, 3.8) is 0 Å². The number of thiophene rings is 1. The lowest BCUT2D eigenvalue weighted by Crippen LogP contribution is -2.41. The van der Waals surface area contributed by atoms with Crippen LogP contribution >= 0.6 is 11.3 Å². The number of hydrogen-bond donors (Lipinski definition) is 0. The third kappa shape index (κ3) is 4.22. The maximum Gasteiger partial charge on any atom is 0.185 e. The van der Waals surface area contributed by atoms with E-state index >= 15 is 0 Å². The molecule has 198 valence electrons. The van der Waals surface area contributed by atoms with Gasteiger partial charge in [-0.1, -0.05) is 91.0 Å². The van der Waals surface area contributed by atoms with Crippen molar-refractivity contribution in [2.24, 2.45) is 0 Å². The second-order valence-electron chi connectivity index (χ2n) is 11.3. The molecule has 5 heteroatoms. The Balaban J connectivity index is 1.36. The van der Waals surface area contributed by atoms with Gasteiger partial charge in [0.2, 0.25) is 0 Å². The molecule has 1 fully saturated rings. The van der Waals surface area contributed by atoms with Gasteiger partial charge >= 0.3 is 0 Å². The summed E-state index contributed by atoms with van der Waals surface area (Å²) >= 11 is 1.75. The van der Waals surface area contributed by atoms with E-state index in [4.69, 9.17) is 19.4 Å². The normalized spacial score (nSPS) is 16.6. The summed E-state index contributed by atoms with van der Waals surface area (Å²) in [7, 11) is 0. The Hall–Kier alpha value is -3.90. The minimum atomic E-state index is -0.444. The molecule has 0 saturated carbocycles. The first-order chi connectivity index (χ1) is 19.3. The molecule has 1 aliphatic heterocycles. The molecule has 3 heterocycles. The second-order valence-corrected chi connectivity index (χ2v) is 12.4. The van der Waals surface area contributed by atoms with E-state index in [-0.39, 0.29) is 0 Å². The van der Waals surface area contributed by atoms with E-state index in [2.05, 4.69) is 113 Å². The minimum absolute atomic E-state index is 0.405. The highest BCUT2D eigenvalue weighted by atomic mass is 32.1. The quantitative estimate of drug-likeness (QED) is 0.223. The van der Waals surface area contributed by atoms with Gasteiger partial charge < -0.3 is 9.47 Å². The van der Waals surface area contributed by atoms with Crippen molar-refractivity contribution in [3.05, 3.63) is 109 Å². The van der Waals surface area contributed by atoms with Gasteiger partial charge in [0.05, 0.1) is 27.1 Å². The van der Waals surface area contributed by atoms with Crippen molar-refractivity contribution in [1.82, 2.24) is 9.97 Å². The Morgan fingerprint density at radius 1 is 0.625 bits per heavy atom. The van der Waals surface area contributed by atoms with E-state index < -0.39 is 17.5 Å². The Morgan fingerprint density at radius 3 is 2.00 bits per heavy atom. The number of aromatic nitrogens is 2. The zero-order chi connectivity index (χ0) is 27.5.